The lowest BCUT2D eigenvalue weighted by Gasteiger charge is -2.13. The summed E-state index contributed by atoms with van der Waals surface area (Å²) in [6.07, 6.45) is -3.12. The Kier molecular flexibility index (Phi) is 7.10. The van der Waals surface area contributed by atoms with Crippen LogP contribution < -0.4 is 15.0 Å². The van der Waals surface area contributed by atoms with Crippen molar-refractivity contribution in [3.8, 4) is 22.9 Å². The maximum Gasteiger partial charge on any atom is 0.416 e. The number of aromatic nitrogens is 2. The molecule has 4 rings (SSSR count). The van der Waals surface area contributed by atoms with Crippen LogP contribution in [0.1, 0.15) is 18.1 Å². The number of alkyl halides is 3. The Balaban J connectivity index is 1.90. The van der Waals surface area contributed by atoms with E-state index in [2.05, 4.69) is 32.7 Å². The quantitative estimate of drug-likeness (QED) is 0.204. The normalized spacial score (nSPS) is 11.8. The highest BCUT2D eigenvalue weighted by atomic mass is 127. The van der Waals surface area contributed by atoms with E-state index < -0.39 is 17.3 Å². The molecule has 6 nitrogen and oxygen atoms in total. The number of para-hydroxylation sites is 1. The van der Waals surface area contributed by atoms with Gasteiger partial charge in [-0.15, -0.1) is 0 Å². The maximum atomic E-state index is 13.3. The fourth-order valence-electron chi connectivity index (χ4n) is 3.48. The minimum Gasteiger partial charge on any atom is -0.493 e. The molecule has 35 heavy (non-hydrogen) atoms. The second-order valence-corrected chi connectivity index (χ2v) is 8.52. The van der Waals surface area contributed by atoms with Gasteiger partial charge in [-0.2, -0.15) is 22.9 Å². The Morgan fingerprint density at radius 1 is 1.11 bits per heavy atom. The first kappa shape index (κ1) is 24.7. The molecule has 0 fully saturated rings. The Morgan fingerprint density at radius 3 is 2.60 bits per heavy atom. The SMILES string of the molecule is CCOc1c(I)cc(C=Nn2c(-c3cccc(C(F)(F)F)c3)nc3ccccc3c2=O)cc1OC. The van der Waals surface area contributed by atoms with E-state index in [0.29, 0.717) is 34.6 Å². The van der Waals surface area contributed by atoms with Gasteiger partial charge in [0.2, 0.25) is 0 Å². The first-order valence-electron chi connectivity index (χ1n) is 10.5. The predicted molar refractivity (Wildman–Crippen MR) is 136 cm³/mol. The van der Waals surface area contributed by atoms with E-state index in [0.717, 1.165) is 20.4 Å². The molecule has 10 heteroatoms. The van der Waals surface area contributed by atoms with Gasteiger partial charge in [0.25, 0.3) is 5.56 Å². The second-order valence-electron chi connectivity index (χ2n) is 7.36. The fourth-order valence-corrected chi connectivity index (χ4v) is 4.26. The van der Waals surface area contributed by atoms with Crippen molar-refractivity contribution in [3.05, 3.63) is 85.7 Å². The lowest BCUT2D eigenvalue weighted by molar-refractivity contribution is -0.137. The molecule has 0 radical (unpaired) electrons. The molecular formula is C25H19F3IN3O3. The summed E-state index contributed by atoms with van der Waals surface area (Å²) in [5.74, 6) is 1.06. The van der Waals surface area contributed by atoms with E-state index in [-0.39, 0.29) is 11.4 Å². The summed E-state index contributed by atoms with van der Waals surface area (Å²) in [6.45, 7) is 2.32. The number of hydrogen-bond donors (Lipinski definition) is 0. The summed E-state index contributed by atoms with van der Waals surface area (Å²) >= 11 is 2.10. The number of benzene rings is 3. The Morgan fingerprint density at radius 2 is 1.89 bits per heavy atom. The minimum atomic E-state index is -4.54. The molecule has 0 aliphatic heterocycles. The van der Waals surface area contributed by atoms with Crippen LogP contribution in [0.3, 0.4) is 0 Å². The predicted octanol–water partition coefficient (Wildman–Crippen LogP) is 5.98. The molecule has 180 valence electrons. The summed E-state index contributed by atoms with van der Waals surface area (Å²) < 4.78 is 52.8. The topological polar surface area (TPSA) is 65.7 Å². The molecule has 4 aromatic rings. The highest BCUT2D eigenvalue weighted by molar-refractivity contribution is 14.1. The average molecular weight is 593 g/mol. The number of nitrogens with zero attached hydrogens (tertiary/aromatic N) is 3. The molecule has 3 aromatic carbocycles. The Labute approximate surface area is 212 Å². The molecular weight excluding hydrogens is 574 g/mol. The first-order valence-corrected chi connectivity index (χ1v) is 11.5. The lowest BCUT2D eigenvalue weighted by Crippen LogP contribution is -2.20. The van der Waals surface area contributed by atoms with Gasteiger partial charge in [0.1, 0.15) is 0 Å². The van der Waals surface area contributed by atoms with Gasteiger partial charge in [-0.05, 0) is 71.5 Å². The highest BCUT2D eigenvalue weighted by Crippen LogP contribution is 2.34. The molecule has 1 aromatic heterocycles. The molecule has 0 aliphatic carbocycles. The van der Waals surface area contributed by atoms with Crippen LogP contribution in [0.5, 0.6) is 11.5 Å². The van der Waals surface area contributed by atoms with Crippen LogP contribution in [0.15, 0.2) is 70.6 Å². The van der Waals surface area contributed by atoms with E-state index in [1.54, 1.807) is 36.4 Å². The zero-order valence-corrected chi connectivity index (χ0v) is 20.8. The van der Waals surface area contributed by atoms with Crippen molar-refractivity contribution in [2.45, 2.75) is 13.1 Å². The smallest absolute Gasteiger partial charge is 0.416 e. The van der Waals surface area contributed by atoms with Crippen molar-refractivity contribution in [2.24, 2.45) is 5.10 Å². The van der Waals surface area contributed by atoms with Crippen molar-refractivity contribution in [1.29, 1.82) is 0 Å². The number of rotatable bonds is 6. The third kappa shape index (κ3) is 5.16. The van der Waals surface area contributed by atoms with E-state index in [1.807, 2.05) is 6.92 Å². The van der Waals surface area contributed by atoms with Crippen LogP contribution in [0.2, 0.25) is 0 Å². The van der Waals surface area contributed by atoms with Crippen LogP contribution in [0.25, 0.3) is 22.3 Å². The summed E-state index contributed by atoms with van der Waals surface area (Å²) in [5.41, 5.74) is -0.289. The third-order valence-electron chi connectivity index (χ3n) is 5.06. The van der Waals surface area contributed by atoms with E-state index in [4.69, 9.17) is 9.47 Å². The molecule has 0 N–H and O–H groups in total. The van der Waals surface area contributed by atoms with Crippen LogP contribution in [-0.4, -0.2) is 29.6 Å². The Bertz CT molecular complexity index is 1480. The monoisotopic (exact) mass is 593 g/mol. The third-order valence-corrected chi connectivity index (χ3v) is 5.87. The summed E-state index contributed by atoms with van der Waals surface area (Å²) in [4.78, 5) is 17.8. The van der Waals surface area contributed by atoms with Gasteiger partial charge in [-0.1, -0.05) is 24.3 Å². The van der Waals surface area contributed by atoms with Gasteiger partial charge >= 0.3 is 6.18 Å². The molecule has 0 atom stereocenters. The largest absolute Gasteiger partial charge is 0.493 e. The minimum absolute atomic E-state index is 0.0105. The number of methoxy groups -OCH3 is 1. The maximum absolute atomic E-state index is 13.3. The number of fused-ring (bicyclic) bond motifs is 1. The van der Waals surface area contributed by atoms with Crippen molar-refractivity contribution in [1.82, 2.24) is 9.66 Å². The average Bonchev–Trinajstić information content (AvgIpc) is 2.84. The molecule has 0 aliphatic rings. The van der Waals surface area contributed by atoms with E-state index >= 15 is 0 Å². The van der Waals surface area contributed by atoms with Crippen LogP contribution >= 0.6 is 22.6 Å². The van der Waals surface area contributed by atoms with Gasteiger partial charge in [-0.25, -0.2) is 4.98 Å². The molecule has 0 spiro atoms. The van der Waals surface area contributed by atoms with E-state index in [9.17, 15) is 18.0 Å². The van der Waals surface area contributed by atoms with Gasteiger partial charge < -0.3 is 9.47 Å². The first-order chi connectivity index (χ1) is 16.7. The van der Waals surface area contributed by atoms with Crippen molar-refractivity contribution < 1.29 is 22.6 Å². The summed E-state index contributed by atoms with van der Waals surface area (Å²) in [7, 11) is 1.51. The molecule has 0 saturated heterocycles. The van der Waals surface area contributed by atoms with Gasteiger partial charge in [-0.3, -0.25) is 4.79 Å². The van der Waals surface area contributed by atoms with E-state index in [1.165, 1.54) is 25.5 Å². The molecule has 0 amide bonds. The fraction of sp³-hybridized carbons (Fsp3) is 0.160. The van der Waals surface area contributed by atoms with Gasteiger partial charge in [0, 0.05) is 5.56 Å². The van der Waals surface area contributed by atoms with Crippen LogP contribution in [0.4, 0.5) is 13.2 Å². The van der Waals surface area contributed by atoms with Gasteiger partial charge in [0.05, 0.1) is 40.0 Å². The molecule has 1 heterocycles. The van der Waals surface area contributed by atoms with Gasteiger partial charge in [0.15, 0.2) is 17.3 Å². The number of hydrogen-bond acceptors (Lipinski definition) is 5. The zero-order valence-electron chi connectivity index (χ0n) is 18.6. The lowest BCUT2D eigenvalue weighted by atomic mass is 10.1. The van der Waals surface area contributed by atoms with Crippen molar-refractivity contribution >= 4 is 39.7 Å². The zero-order chi connectivity index (χ0) is 25.2. The molecule has 0 bridgehead atoms. The standard InChI is InChI=1S/C25H19F3IN3O3/c1-3-35-22-19(29)11-15(12-21(22)34-2)14-30-32-23(16-7-6-8-17(13-16)25(26,27)28)31-20-10-5-4-9-18(20)24(32)33/h4-14H,3H2,1-2H3. The number of halogens is 4. The number of ether oxygens (including phenoxy) is 2. The summed E-state index contributed by atoms with van der Waals surface area (Å²) in [6, 6.07) is 14.7. The summed E-state index contributed by atoms with van der Waals surface area (Å²) in [5, 5.41) is 4.61. The Hall–Kier alpha value is -3.41. The van der Waals surface area contributed by atoms with Crippen LogP contribution in [-0.2, 0) is 6.18 Å². The highest BCUT2D eigenvalue weighted by Gasteiger charge is 2.31. The van der Waals surface area contributed by atoms with Crippen molar-refractivity contribution in [2.75, 3.05) is 13.7 Å². The second kappa shape index (κ2) is 10.1. The molecule has 0 unspecified atom stereocenters. The molecule has 0 saturated carbocycles. The van der Waals surface area contributed by atoms with Crippen LogP contribution in [0, 0.1) is 3.57 Å². The van der Waals surface area contributed by atoms with Crippen molar-refractivity contribution in [3.63, 3.8) is 0 Å².